The molecule has 3 aliphatic rings. The highest BCUT2D eigenvalue weighted by atomic mass is 16.7. The van der Waals surface area contributed by atoms with Gasteiger partial charge in [-0.3, -0.25) is 4.79 Å². The summed E-state index contributed by atoms with van der Waals surface area (Å²) in [5.41, 5.74) is -1.47. The Labute approximate surface area is 225 Å². The van der Waals surface area contributed by atoms with E-state index in [4.69, 9.17) is 18.9 Å². The highest BCUT2D eigenvalue weighted by Gasteiger charge is 2.61. The van der Waals surface area contributed by atoms with Crippen LogP contribution < -0.4 is 0 Å². The fourth-order valence-corrected chi connectivity index (χ4v) is 6.64. The van der Waals surface area contributed by atoms with Gasteiger partial charge in [0.05, 0.1) is 17.8 Å². The zero-order valence-corrected chi connectivity index (χ0v) is 23.6. The van der Waals surface area contributed by atoms with Gasteiger partial charge < -0.3 is 39.4 Å². The van der Waals surface area contributed by atoms with E-state index in [9.17, 15) is 30.0 Å². The number of fused-ring (bicyclic) bond motifs is 1. The van der Waals surface area contributed by atoms with Gasteiger partial charge in [0.15, 0.2) is 12.4 Å². The first-order valence-electron chi connectivity index (χ1n) is 13.7. The lowest BCUT2D eigenvalue weighted by molar-refractivity contribution is -0.339. The predicted molar refractivity (Wildman–Crippen MR) is 137 cm³/mol. The molecule has 1 heterocycles. The maximum absolute atomic E-state index is 12.6. The van der Waals surface area contributed by atoms with E-state index < -0.39 is 71.8 Å². The molecular weight excluding hydrogens is 496 g/mol. The van der Waals surface area contributed by atoms with Crippen molar-refractivity contribution in [3.05, 3.63) is 11.6 Å². The van der Waals surface area contributed by atoms with Gasteiger partial charge >= 0.3 is 11.9 Å². The van der Waals surface area contributed by atoms with E-state index in [1.165, 1.54) is 6.92 Å². The molecule has 0 aromatic rings. The van der Waals surface area contributed by atoms with Crippen molar-refractivity contribution in [2.45, 2.75) is 123 Å². The summed E-state index contributed by atoms with van der Waals surface area (Å²) >= 11 is 0. The molecule has 1 aliphatic heterocycles. The van der Waals surface area contributed by atoms with Gasteiger partial charge in [-0.15, -0.1) is 0 Å². The zero-order chi connectivity index (χ0) is 28.6. The molecule has 3 rings (SSSR count). The third-order valence-corrected chi connectivity index (χ3v) is 9.07. The molecule has 2 saturated carbocycles. The molecule has 0 bridgehead atoms. The summed E-state index contributed by atoms with van der Waals surface area (Å²) in [5, 5.41) is 44.8. The van der Waals surface area contributed by atoms with Gasteiger partial charge in [-0.05, 0) is 58.3 Å². The second kappa shape index (κ2) is 11.9. The smallest absolute Gasteiger partial charge is 0.333 e. The third kappa shape index (κ3) is 6.10. The minimum absolute atomic E-state index is 0.0225. The molecule has 38 heavy (non-hydrogen) atoms. The molecule has 0 aromatic carbocycles. The molecule has 0 unspecified atom stereocenters. The van der Waals surface area contributed by atoms with E-state index in [1.807, 2.05) is 6.92 Å². The lowest BCUT2D eigenvalue weighted by Crippen LogP contribution is -2.66. The Hall–Kier alpha value is -1.56. The molecule has 1 saturated heterocycles. The van der Waals surface area contributed by atoms with Gasteiger partial charge in [0, 0.05) is 23.8 Å². The lowest BCUT2D eigenvalue weighted by Gasteiger charge is -2.60. The second-order valence-corrected chi connectivity index (χ2v) is 12.1. The van der Waals surface area contributed by atoms with E-state index in [1.54, 1.807) is 26.8 Å². The fourth-order valence-electron chi connectivity index (χ4n) is 6.64. The van der Waals surface area contributed by atoms with E-state index in [2.05, 4.69) is 13.8 Å². The van der Waals surface area contributed by atoms with Crippen LogP contribution in [-0.4, -0.2) is 87.5 Å². The van der Waals surface area contributed by atoms with Gasteiger partial charge in [-0.25, -0.2) is 4.79 Å². The van der Waals surface area contributed by atoms with Gasteiger partial charge in [0.25, 0.3) is 0 Å². The average molecular weight is 543 g/mol. The summed E-state index contributed by atoms with van der Waals surface area (Å²) in [4.78, 5) is 24.0. The SMILES string of the molecule is CC=C(C)C(=O)O[C@@H]1[C@@H](O)[C@H](O[C@@H]2[C@H](C(C)C)CC[C@]3(C)[C@@H](O)CC[C@](C)(O)[C@@H]23)O[C@H](COC(C)=O)[C@H]1O. The van der Waals surface area contributed by atoms with Crippen LogP contribution in [-0.2, 0) is 28.5 Å². The topological polar surface area (TPSA) is 152 Å². The van der Waals surface area contributed by atoms with Crippen LogP contribution in [0.15, 0.2) is 11.6 Å². The van der Waals surface area contributed by atoms with Crippen LogP contribution >= 0.6 is 0 Å². The number of allylic oxidation sites excluding steroid dienone is 1. The number of ether oxygens (including phenoxy) is 4. The molecule has 0 spiro atoms. The Balaban J connectivity index is 1.97. The lowest BCUT2D eigenvalue weighted by atomic mass is 9.50. The van der Waals surface area contributed by atoms with Gasteiger partial charge in [0.1, 0.15) is 24.9 Å². The first-order valence-corrected chi connectivity index (χ1v) is 13.7. The minimum Gasteiger partial charge on any atom is -0.463 e. The van der Waals surface area contributed by atoms with E-state index in [0.29, 0.717) is 24.8 Å². The molecule has 0 radical (unpaired) electrons. The fraction of sp³-hybridized carbons (Fsp3) is 0.857. The van der Waals surface area contributed by atoms with Crippen LogP contribution in [0.5, 0.6) is 0 Å². The van der Waals surface area contributed by atoms with Crippen molar-refractivity contribution in [3.63, 3.8) is 0 Å². The highest BCUT2D eigenvalue weighted by molar-refractivity contribution is 5.87. The van der Waals surface area contributed by atoms with Crippen LogP contribution in [0.3, 0.4) is 0 Å². The molecule has 0 aromatic heterocycles. The average Bonchev–Trinajstić information content (AvgIpc) is 2.84. The third-order valence-electron chi connectivity index (χ3n) is 9.07. The van der Waals surface area contributed by atoms with Crippen molar-refractivity contribution in [1.82, 2.24) is 0 Å². The monoisotopic (exact) mass is 542 g/mol. The van der Waals surface area contributed by atoms with Crippen molar-refractivity contribution < 1.29 is 49.0 Å². The summed E-state index contributed by atoms with van der Waals surface area (Å²) in [6.07, 6.45) is -4.33. The summed E-state index contributed by atoms with van der Waals surface area (Å²) in [6, 6.07) is 0. The van der Waals surface area contributed by atoms with Crippen LogP contribution in [0, 0.1) is 23.2 Å². The maximum atomic E-state index is 12.6. The molecular formula is C28H46O10. The van der Waals surface area contributed by atoms with Crippen molar-refractivity contribution in [2.24, 2.45) is 23.2 Å². The molecule has 11 atom stereocenters. The van der Waals surface area contributed by atoms with Crippen molar-refractivity contribution in [3.8, 4) is 0 Å². The van der Waals surface area contributed by atoms with Gasteiger partial charge in [-0.2, -0.15) is 0 Å². The summed E-state index contributed by atoms with van der Waals surface area (Å²) in [5.74, 6) is -1.64. The van der Waals surface area contributed by atoms with Gasteiger partial charge in [0.2, 0.25) is 0 Å². The number of aliphatic hydroxyl groups excluding tert-OH is 3. The Morgan fingerprint density at radius 1 is 1.05 bits per heavy atom. The minimum atomic E-state index is -1.56. The molecule has 4 N–H and O–H groups in total. The van der Waals surface area contributed by atoms with E-state index in [0.717, 1.165) is 6.42 Å². The summed E-state index contributed by atoms with van der Waals surface area (Å²) < 4.78 is 23.0. The molecule has 10 heteroatoms. The van der Waals surface area contributed by atoms with E-state index >= 15 is 0 Å². The second-order valence-electron chi connectivity index (χ2n) is 12.1. The van der Waals surface area contributed by atoms with Crippen molar-refractivity contribution >= 4 is 11.9 Å². The number of rotatable bonds is 7. The number of hydrogen-bond acceptors (Lipinski definition) is 10. The summed E-state index contributed by atoms with van der Waals surface area (Å²) in [6.45, 7) is 12.0. The van der Waals surface area contributed by atoms with Crippen molar-refractivity contribution in [2.75, 3.05) is 6.61 Å². The zero-order valence-electron chi connectivity index (χ0n) is 23.6. The highest BCUT2D eigenvalue weighted by Crippen LogP contribution is 2.57. The number of aliphatic hydroxyl groups is 4. The van der Waals surface area contributed by atoms with Crippen LogP contribution in [0.25, 0.3) is 0 Å². The normalized spacial score (nSPS) is 43.9. The Morgan fingerprint density at radius 3 is 2.29 bits per heavy atom. The Kier molecular flexibility index (Phi) is 9.70. The Morgan fingerprint density at radius 2 is 1.71 bits per heavy atom. The Bertz CT molecular complexity index is 885. The number of esters is 2. The van der Waals surface area contributed by atoms with Crippen molar-refractivity contribution in [1.29, 1.82) is 0 Å². The molecule has 10 nitrogen and oxygen atoms in total. The molecule has 218 valence electrons. The molecule has 3 fully saturated rings. The largest absolute Gasteiger partial charge is 0.463 e. The standard InChI is InChI=1S/C28H46O10/c1-8-15(4)25(33)37-23-20(31)18(13-35-16(5)29)36-26(21(23)32)38-22-17(14(2)3)9-11-27(6)19(30)10-12-28(7,34)24(22)27/h8,14,17-24,26,30-32,34H,9-13H2,1-7H3/t17-,18+,19-,20+,21+,22+,23-,24-,26-,27+,28-/m0/s1. The number of hydrogen-bond donors (Lipinski definition) is 4. The number of carbonyl (C=O) groups is 2. The van der Waals surface area contributed by atoms with Crippen LogP contribution in [0.2, 0.25) is 0 Å². The summed E-state index contributed by atoms with van der Waals surface area (Å²) in [7, 11) is 0. The maximum Gasteiger partial charge on any atom is 0.333 e. The van der Waals surface area contributed by atoms with Crippen LogP contribution in [0.4, 0.5) is 0 Å². The quantitative estimate of drug-likeness (QED) is 0.277. The first kappa shape index (κ1) is 31.0. The molecule has 0 amide bonds. The van der Waals surface area contributed by atoms with E-state index in [-0.39, 0.29) is 18.4 Å². The number of carbonyl (C=O) groups excluding carboxylic acids is 2. The molecule has 2 aliphatic carbocycles. The van der Waals surface area contributed by atoms with Crippen LogP contribution in [0.1, 0.15) is 74.1 Å². The first-order chi connectivity index (χ1) is 17.6. The van der Waals surface area contributed by atoms with Gasteiger partial charge in [-0.1, -0.05) is 26.8 Å². The predicted octanol–water partition coefficient (Wildman–Crippen LogP) is 1.85.